The van der Waals surface area contributed by atoms with Crippen molar-refractivity contribution in [3.05, 3.63) is 72.3 Å². The van der Waals surface area contributed by atoms with Crippen molar-refractivity contribution >= 4 is 38.3 Å². The van der Waals surface area contributed by atoms with Crippen LogP contribution in [0.4, 0.5) is 5.69 Å². The molecule has 0 heterocycles. The molecule has 0 spiro atoms. The summed E-state index contributed by atoms with van der Waals surface area (Å²) in [5.74, 6) is 0.456. The summed E-state index contributed by atoms with van der Waals surface area (Å²) < 4.78 is 28.4. The highest BCUT2D eigenvalue weighted by molar-refractivity contribution is 7.90. The number of amides is 1. The first-order chi connectivity index (χ1) is 12.8. The Hall–Kier alpha value is -3.12. The quantitative estimate of drug-likeness (QED) is 0.680. The van der Waals surface area contributed by atoms with Crippen LogP contribution in [0.15, 0.2) is 71.6 Å². The SMILES string of the molecule is COc1ccc2cc(/C=C/C(=O)Nc3cccc(S(C)(=O)=O)c3)ccc2c1. The second kappa shape index (κ2) is 7.63. The van der Waals surface area contributed by atoms with E-state index in [0.29, 0.717) is 5.69 Å². The summed E-state index contributed by atoms with van der Waals surface area (Å²) >= 11 is 0. The van der Waals surface area contributed by atoms with E-state index in [1.807, 2.05) is 36.4 Å². The fourth-order valence-corrected chi connectivity index (χ4v) is 3.30. The van der Waals surface area contributed by atoms with Crippen LogP contribution >= 0.6 is 0 Å². The maximum Gasteiger partial charge on any atom is 0.248 e. The minimum Gasteiger partial charge on any atom is -0.497 e. The second-order valence-corrected chi connectivity index (χ2v) is 8.11. The zero-order valence-electron chi connectivity index (χ0n) is 15.0. The monoisotopic (exact) mass is 381 g/mol. The average Bonchev–Trinajstić information content (AvgIpc) is 2.65. The van der Waals surface area contributed by atoms with Crippen molar-refractivity contribution in [1.29, 1.82) is 0 Å². The lowest BCUT2D eigenvalue weighted by Gasteiger charge is -2.05. The summed E-state index contributed by atoms with van der Waals surface area (Å²) in [4.78, 5) is 12.3. The molecular weight excluding hydrogens is 362 g/mol. The summed E-state index contributed by atoms with van der Waals surface area (Å²) in [5, 5.41) is 4.76. The summed E-state index contributed by atoms with van der Waals surface area (Å²) in [6.45, 7) is 0. The van der Waals surface area contributed by atoms with E-state index in [1.165, 1.54) is 18.2 Å². The van der Waals surface area contributed by atoms with Crippen LogP contribution in [-0.2, 0) is 14.6 Å². The molecule has 0 saturated carbocycles. The molecule has 0 saturated heterocycles. The van der Waals surface area contributed by atoms with Gasteiger partial charge in [0.25, 0.3) is 0 Å². The van der Waals surface area contributed by atoms with Gasteiger partial charge in [0.1, 0.15) is 5.75 Å². The van der Waals surface area contributed by atoms with Gasteiger partial charge in [-0.05, 0) is 58.8 Å². The van der Waals surface area contributed by atoms with E-state index in [4.69, 9.17) is 4.74 Å². The molecule has 0 radical (unpaired) electrons. The van der Waals surface area contributed by atoms with Crippen molar-refractivity contribution in [3.63, 3.8) is 0 Å². The number of nitrogens with one attached hydrogen (secondary N) is 1. The molecule has 0 atom stereocenters. The topological polar surface area (TPSA) is 72.5 Å². The van der Waals surface area contributed by atoms with Crippen molar-refractivity contribution in [2.24, 2.45) is 0 Å². The molecule has 6 heteroatoms. The molecule has 138 valence electrons. The van der Waals surface area contributed by atoms with E-state index in [2.05, 4.69) is 5.32 Å². The van der Waals surface area contributed by atoms with Gasteiger partial charge in [-0.3, -0.25) is 4.79 Å². The Balaban J connectivity index is 1.74. The van der Waals surface area contributed by atoms with Crippen molar-refractivity contribution in [2.45, 2.75) is 4.90 Å². The van der Waals surface area contributed by atoms with Gasteiger partial charge in [-0.15, -0.1) is 0 Å². The van der Waals surface area contributed by atoms with Gasteiger partial charge in [-0.25, -0.2) is 8.42 Å². The third kappa shape index (κ3) is 4.74. The Morgan fingerprint density at radius 2 is 1.74 bits per heavy atom. The number of sulfone groups is 1. The summed E-state index contributed by atoms with van der Waals surface area (Å²) in [6.07, 6.45) is 4.25. The van der Waals surface area contributed by atoms with Crippen LogP contribution in [0.1, 0.15) is 5.56 Å². The zero-order chi connectivity index (χ0) is 19.4. The fourth-order valence-electron chi connectivity index (χ4n) is 2.63. The summed E-state index contributed by atoms with van der Waals surface area (Å²) in [7, 11) is -1.69. The highest BCUT2D eigenvalue weighted by atomic mass is 32.2. The second-order valence-electron chi connectivity index (χ2n) is 6.10. The molecule has 0 aromatic heterocycles. The number of carbonyl (C=O) groups excluding carboxylic acids is 1. The van der Waals surface area contributed by atoms with Crippen molar-refractivity contribution < 1.29 is 17.9 Å². The maximum absolute atomic E-state index is 12.1. The lowest BCUT2D eigenvalue weighted by atomic mass is 10.1. The minimum absolute atomic E-state index is 0.161. The standard InChI is InChI=1S/C21H19NO4S/c1-26-19-10-9-16-12-15(6-8-17(16)13-19)7-11-21(23)22-18-4-3-5-20(14-18)27(2,24)25/h3-14H,1-2H3,(H,22,23)/b11-7+. The molecule has 3 aromatic rings. The van der Waals surface area contributed by atoms with Gasteiger partial charge in [0, 0.05) is 18.0 Å². The zero-order valence-corrected chi connectivity index (χ0v) is 15.8. The van der Waals surface area contributed by atoms with Crippen LogP contribution in [0.2, 0.25) is 0 Å². The predicted molar refractivity (Wildman–Crippen MR) is 108 cm³/mol. The lowest BCUT2D eigenvalue weighted by Crippen LogP contribution is -2.08. The summed E-state index contributed by atoms with van der Waals surface area (Å²) in [5.41, 5.74) is 1.31. The first-order valence-electron chi connectivity index (χ1n) is 8.22. The first kappa shape index (κ1) is 18.7. The van der Waals surface area contributed by atoms with Gasteiger partial charge in [0.2, 0.25) is 5.91 Å². The van der Waals surface area contributed by atoms with Crippen LogP contribution in [0.5, 0.6) is 5.75 Å². The van der Waals surface area contributed by atoms with Crippen molar-refractivity contribution in [1.82, 2.24) is 0 Å². The number of carbonyl (C=O) groups is 1. The predicted octanol–water partition coefficient (Wildman–Crippen LogP) is 3.90. The number of rotatable bonds is 5. The first-order valence-corrected chi connectivity index (χ1v) is 10.1. The number of fused-ring (bicyclic) bond motifs is 1. The molecule has 1 amide bonds. The van der Waals surface area contributed by atoms with Gasteiger partial charge in [-0.1, -0.05) is 24.3 Å². The number of hydrogen-bond donors (Lipinski definition) is 1. The Morgan fingerprint density at radius 1 is 1.00 bits per heavy atom. The Bertz CT molecular complexity index is 1130. The Kier molecular flexibility index (Phi) is 5.28. The lowest BCUT2D eigenvalue weighted by molar-refractivity contribution is -0.111. The number of methoxy groups -OCH3 is 1. The highest BCUT2D eigenvalue weighted by Crippen LogP contribution is 2.22. The molecule has 27 heavy (non-hydrogen) atoms. The van der Waals surface area contributed by atoms with E-state index in [0.717, 1.165) is 28.3 Å². The third-order valence-corrected chi connectivity index (χ3v) is 5.14. The molecule has 3 rings (SSSR count). The molecule has 0 aliphatic carbocycles. The number of anilines is 1. The molecular formula is C21H19NO4S. The normalized spacial score (nSPS) is 11.6. The Morgan fingerprint density at radius 3 is 2.48 bits per heavy atom. The number of benzene rings is 3. The van der Waals surface area contributed by atoms with Gasteiger partial charge >= 0.3 is 0 Å². The Labute approximate surface area is 158 Å². The molecule has 3 aromatic carbocycles. The van der Waals surface area contributed by atoms with Crippen LogP contribution in [0.25, 0.3) is 16.8 Å². The van der Waals surface area contributed by atoms with Gasteiger partial charge < -0.3 is 10.1 Å². The molecule has 0 fully saturated rings. The van der Waals surface area contributed by atoms with Crippen LogP contribution < -0.4 is 10.1 Å². The molecule has 0 aliphatic heterocycles. The van der Waals surface area contributed by atoms with E-state index in [1.54, 1.807) is 25.3 Å². The van der Waals surface area contributed by atoms with Gasteiger partial charge in [0.15, 0.2) is 9.84 Å². The molecule has 1 N–H and O–H groups in total. The largest absolute Gasteiger partial charge is 0.497 e. The summed E-state index contributed by atoms with van der Waals surface area (Å²) in [6, 6.07) is 17.8. The van der Waals surface area contributed by atoms with Gasteiger partial charge in [0.05, 0.1) is 12.0 Å². The van der Waals surface area contributed by atoms with Crippen LogP contribution in [0.3, 0.4) is 0 Å². The highest BCUT2D eigenvalue weighted by Gasteiger charge is 2.08. The molecule has 0 unspecified atom stereocenters. The molecule has 0 bridgehead atoms. The van der Waals surface area contributed by atoms with Crippen LogP contribution in [-0.4, -0.2) is 27.7 Å². The molecule has 5 nitrogen and oxygen atoms in total. The number of hydrogen-bond acceptors (Lipinski definition) is 4. The van der Waals surface area contributed by atoms with E-state index < -0.39 is 9.84 Å². The van der Waals surface area contributed by atoms with E-state index in [-0.39, 0.29) is 10.8 Å². The van der Waals surface area contributed by atoms with Gasteiger partial charge in [-0.2, -0.15) is 0 Å². The third-order valence-electron chi connectivity index (χ3n) is 4.03. The number of ether oxygens (including phenoxy) is 1. The van der Waals surface area contributed by atoms with Crippen molar-refractivity contribution in [2.75, 3.05) is 18.7 Å². The fraction of sp³-hybridized carbons (Fsp3) is 0.0952. The average molecular weight is 381 g/mol. The smallest absolute Gasteiger partial charge is 0.248 e. The van der Waals surface area contributed by atoms with Crippen LogP contribution in [0, 0.1) is 0 Å². The van der Waals surface area contributed by atoms with E-state index in [9.17, 15) is 13.2 Å². The van der Waals surface area contributed by atoms with Crippen molar-refractivity contribution in [3.8, 4) is 5.75 Å². The maximum atomic E-state index is 12.1. The minimum atomic E-state index is -3.32. The van der Waals surface area contributed by atoms with E-state index >= 15 is 0 Å². The molecule has 0 aliphatic rings.